The van der Waals surface area contributed by atoms with Crippen LogP contribution in [0, 0.1) is 6.92 Å². The molecule has 0 bridgehead atoms. The molecule has 1 aliphatic rings. The van der Waals surface area contributed by atoms with Crippen LogP contribution < -0.4 is 5.32 Å². The van der Waals surface area contributed by atoms with Crippen LogP contribution in [0.4, 0.5) is 5.69 Å². The van der Waals surface area contributed by atoms with E-state index in [0.717, 1.165) is 28.2 Å². The molecule has 4 rings (SSSR count). The van der Waals surface area contributed by atoms with E-state index in [1.54, 1.807) is 7.11 Å². The van der Waals surface area contributed by atoms with Crippen LogP contribution in [0.1, 0.15) is 29.0 Å². The molecule has 0 spiro atoms. The molecule has 0 fully saturated rings. The maximum atomic E-state index is 11.1. The zero-order valence-corrected chi connectivity index (χ0v) is 14.9. The van der Waals surface area contributed by atoms with Crippen molar-refractivity contribution in [1.82, 2.24) is 9.38 Å². The van der Waals surface area contributed by atoms with E-state index in [1.165, 1.54) is 0 Å². The number of nitrogens with zero attached hydrogens (tertiary/aromatic N) is 2. The number of fused-ring (bicyclic) bond motifs is 3. The third kappa shape index (κ3) is 2.96. The van der Waals surface area contributed by atoms with Crippen molar-refractivity contribution >= 4 is 11.3 Å². The van der Waals surface area contributed by atoms with Gasteiger partial charge in [-0.2, -0.15) is 0 Å². The Bertz CT molecular complexity index is 894. The minimum Gasteiger partial charge on any atom is -0.388 e. The molecular weight excluding hydrogens is 330 g/mol. The average molecular weight is 353 g/mol. The van der Waals surface area contributed by atoms with Crippen molar-refractivity contribution in [3.8, 4) is 0 Å². The molecule has 0 amide bonds. The molecule has 1 aromatic carbocycles. The fourth-order valence-corrected chi connectivity index (χ4v) is 3.56. The molecule has 6 nitrogen and oxygen atoms in total. The predicted octanol–water partition coefficient (Wildman–Crippen LogP) is 2.87. The Hall–Kier alpha value is -2.41. The molecular formula is C20H23N3O3. The summed E-state index contributed by atoms with van der Waals surface area (Å²) >= 11 is 0. The zero-order valence-electron chi connectivity index (χ0n) is 14.9. The summed E-state index contributed by atoms with van der Waals surface area (Å²) in [5, 5.41) is 14.5. The number of aryl methyl sites for hydroxylation is 1. The van der Waals surface area contributed by atoms with Gasteiger partial charge in [0.1, 0.15) is 12.2 Å². The molecule has 3 aromatic rings. The lowest BCUT2D eigenvalue weighted by atomic mass is 9.89. The number of rotatable bonds is 5. The van der Waals surface area contributed by atoms with Crippen molar-refractivity contribution in [3.63, 3.8) is 0 Å². The summed E-state index contributed by atoms with van der Waals surface area (Å²) in [5.74, 6) is 0. The number of methoxy groups -OCH3 is 1. The fraction of sp³-hybridized carbons (Fsp3) is 0.350. The topological polar surface area (TPSA) is 68.0 Å². The number of aliphatic hydroxyl groups is 1. The van der Waals surface area contributed by atoms with E-state index in [2.05, 4.69) is 10.3 Å². The molecule has 3 atom stereocenters. The quantitative estimate of drug-likeness (QED) is 0.691. The number of benzene rings is 1. The standard InChI is InChI=1S/C20H23N3O3/c1-13-12-23-9-8-15-17(20(23)21-13)22-16(14-6-4-3-5-7-14)18(24)19(15)26-11-10-25-2/h3-9,12,16,18-19,22,24H,10-11H2,1-2H3. The Balaban J connectivity index is 1.80. The van der Waals surface area contributed by atoms with Crippen LogP contribution in [0.2, 0.25) is 0 Å². The van der Waals surface area contributed by atoms with Crippen molar-refractivity contribution in [2.45, 2.75) is 25.2 Å². The van der Waals surface area contributed by atoms with Crippen LogP contribution in [0.3, 0.4) is 0 Å². The van der Waals surface area contributed by atoms with Crippen LogP contribution in [-0.2, 0) is 9.47 Å². The van der Waals surface area contributed by atoms with E-state index in [1.807, 2.05) is 60.1 Å². The van der Waals surface area contributed by atoms with Crippen LogP contribution in [0.5, 0.6) is 0 Å². The molecule has 26 heavy (non-hydrogen) atoms. The molecule has 1 aliphatic heterocycles. The molecule has 6 heteroatoms. The molecule has 3 heterocycles. The number of anilines is 1. The van der Waals surface area contributed by atoms with Crippen molar-refractivity contribution in [3.05, 3.63) is 65.6 Å². The van der Waals surface area contributed by atoms with Crippen LogP contribution in [-0.4, -0.2) is 40.9 Å². The lowest BCUT2D eigenvalue weighted by Gasteiger charge is -2.38. The molecule has 0 aliphatic carbocycles. The van der Waals surface area contributed by atoms with Crippen molar-refractivity contribution < 1.29 is 14.6 Å². The fourth-order valence-electron chi connectivity index (χ4n) is 3.56. The van der Waals surface area contributed by atoms with Gasteiger partial charge in [0.25, 0.3) is 0 Å². The summed E-state index contributed by atoms with van der Waals surface area (Å²) in [4.78, 5) is 4.65. The SMILES string of the molecule is COCCOC1c2ccn3cc(C)nc3c2NC(c2ccccc2)C1O. The van der Waals surface area contributed by atoms with Gasteiger partial charge in [-0.15, -0.1) is 0 Å². The Morgan fingerprint density at radius 2 is 2.00 bits per heavy atom. The van der Waals surface area contributed by atoms with Gasteiger partial charge in [0, 0.05) is 25.1 Å². The first-order chi connectivity index (χ1) is 12.7. The average Bonchev–Trinajstić information content (AvgIpc) is 3.04. The molecule has 0 radical (unpaired) electrons. The second kappa shape index (κ2) is 7.07. The highest BCUT2D eigenvalue weighted by Gasteiger charge is 2.38. The van der Waals surface area contributed by atoms with E-state index in [0.29, 0.717) is 13.2 Å². The van der Waals surface area contributed by atoms with E-state index in [-0.39, 0.29) is 6.04 Å². The Morgan fingerprint density at radius 1 is 1.19 bits per heavy atom. The maximum absolute atomic E-state index is 11.1. The smallest absolute Gasteiger partial charge is 0.160 e. The Kier molecular flexibility index (Phi) is 4.63. The van der Waals surface area contributed by atoms with Crippen LogP contribution in [0.15, 0.2) is 48.8 Å². The minimum atomic E-state index is -0.722. The zero-order chi connectivity index (χ0) is 18.1. The largest absolute Gasteiger partial charge is 0.388 e. The number of aromatic nitrogens is 2. The first kappa shape index (κ1) is 17.0. The number of aliphatic hydroxyl groups excluding tert-OH is 1. The number of pyridine rings is 1. The van der Waals surface area contributed by atoms with Gasteiger partial charge in [-0.25, -0.2) is 4.98 Å². The minimum absolute atomic E-state index is 0.278. The van der Waals surface area contributed by atoms with E-state index < -0.39 is 12.2 Å². The summed E-state index contributed by atoms with van der Waals surface area (Å²) in [5.41, 5.74) is 4.62. The highest BCUT2D eigenvalue weighted by atomic mass is 16.5. The molecule has 0 saturated heterocycles. The van der Waals surface area contributed by atoms with Gasteiger partial charge in [-0.1, -0.05) is 30.3 Å². The monoisotopic (exact) mass is 353 g/mol. The molecule has 2 N–H and O–H groups in total. The summed E-state index contributed by atoms with van der Waals surface area (Å²) in [7, 11) is 1.64. The lowest BCUT2D eigenvalue weighted by molar-refractivity contribution is -0.0633. The number of nitrogens with one attached hydrogen (secondary N) is 1. The first-order valence-corrected chi connectivity index (χ1v) is 8.77. The van der Waals surface area contributed by atoms with Gasteiger partial charge < -0.3 is 24.3 Å². The third-order valence-corrected chi connectivity index (χ3v) is 4.78. The van der Waals surface area contributed by atoms with Crippen LogP contribution in [0.25, 0.3) is 5.65 Å². The Labute approximate surface area is 152 Å². The number of ether oxygens (including phenoxy) is 2. The van der Waals surface area contributed by atoms with Crippen LogP contribution >= 0.6 is 0 Å². The van der Waals surface area contributed by atoms with Gasteiger partial charge >= 0.3 is 0 Å². The second-order valence-corrected chi connectivity index (χ2v) is 6.57. The van der Waals surface area contributed by atoms with E-state index in [9.17, 15) is 5.11 Å². The van der Waals surface area contributed by atoms with Gasteiger partial charge in [0.2, 0.25) is 0 Å². The van der Waals surface area contributed by atoms with Crippen molar-refractivity contribution in [1.29, 1.82) is 0 Å². The highest BCUT2D eigenvalue weighted by molar-refractivity contribution is 5.74. The maximum Gasteiger partial charge on any atom is 0.160 e. The summed E-state index contributed by atoms with van der Waals surface area (Å²) in [6, 6.07) is 11.6. The lowest BCUT2D eigenvalue weighted by Crippen LogP contribution is -2.38. The number of imidazole rings is 1. The van der Waals surface area contributed by atoms with Gasteiger partial charge in [-0.05, 0) is 18.6 Å². The van der Waals surface area contributed by atoms with E-state index in [4.69, 9.17) is 9.47 Å². The summed E-state index contributed by atoms with van der Waals surface area (Å²) in [6.07, 6.45) is 2.77. The van der Waals surface area contributed by atoms with E-state index >= 15 is 0 Å². The normalized spacial score (nSPS) is 22.2. The number of hydrogen-bond acceptors (Lipinski definition) is 5. The Morgan fingerprint density at radius 3 is 2.77 bits per heavy atom. The first-order valence-electron chi connectivity index (χ1n) is 8.77. The predicted molar refractivity (Wildman–Crippen MR) is 99.3 cm³/mol. The number of hydrogen-bond donors (Lipinski definition) is 2. The summed E-state index contributed by atoms with van der Waals surface area (Å²) in [6.45, 7) is 2.86. The van der Waals surface area contributed by atoms with Gasteiger partial charge in [-0.3, -0.25) is 0 Å². The summed E-state index contributed by atoms with van der Waals surface area (Å²) < 4.78 is 13.1. The third-order valence-electron chi connectivity index (χ3n) is 4.78. The molecule has 0 saturated carbocycles. The van der Waals surface area contributed by atoms with Gasteiger partial charge in [0.05, 0.1) is 30.6 Å². The van der Waals surface area contributed by atoms with Crippen molar-refractivity contribution in [2.24, 2.45) is 0 Å². The van der Waals surface area contributed by atoms with Gasteiger partial charge in [0.15, 0.2) is 5.65 Å². The van der Waals surface area contributed by atoms with Crippen molar-refractivity contribution in [2.75, 3.05) is 25.6 Å². The molecule has 2 aromatic heterocycles. The second-order valence-electron chi connectivity index (χ2n) is 6.57. The molecule has 136 valence electrons. The highest BCUT2D eigenvalue weighted by Crippen LogP contribution is 2.42. The molecule has 3 unspecified atom stereocenters.